The van der Waals surface area contributed by atoms with Gasteiger partial charge < -0.3 is 9.47 Å². The van der Waals surface area contributed by atoms with Gasteiger partial charge in [-0.25, -0.2) is 4.79 Å². The Labute approximate surface area is 75.3 Å². The van der Waals surface area contributed by atoms with E-state index in [2.05, 4.69) is 16.1 Å². The Hall–Kier alpha value is -1.65. The molecule has 0 amide bonds. The summed E-state index contributed by atoms with van der Waals surface area (Å²) in [6.45, 7) is 5.34. The number of hydrogen-bond donors (Lipinski definition) is 0. The van der Waals surface area contributed by atoms with Gasteiger partial charge in [0.2, 0.25) is 0 Å². The first-order valence-corrected chi connectivity index (χ1v) is 3.48. The molecule has 1 unspecified atom stereocenters. The van der Waals surface area contributed by atoms with E-state index in [0.29, 0.717) is 0 Å². The molecule has 0 aromatic carbocycles. The lowest BCUT2D eigenvalue weighted by Crippen LogP contribution is -2.33. The van der Waals surface area contributed by atoms with Crippen LogP contribution in [-0.2, 0) is 23.9 Å². The molecule has 0 saturated carbocycles. The number of esters is 2. The number of ketones is 1. The molecular weight excluding hydrogens is 176 g/mol. The molecule has 0 radical (unpaired) electrons. The van der Waals surface area contributed by atoms with E-state index in [0.717, 1.165) is 20.1 Å². The van der Waals surface area contributed by atoms with Crippen LogP contribution in [0.5, 0.6) is 0 Å². The van der Waals surface area contributed by atoms with Crippen LogP contribution in [0.1, 0.15) is 13.8 Å². The first-order chi connectivity index (χ1) is 5.99. The summed E-state index contributed by atoms with van der Waals surface area (Å²) in [7, 11) is 0. The number of ether oxygens (including phenoxy) is 2. The maximum absolute atomic E-state index is 10.9. The molecule has 0 aliphatic carbocycles. The smallest absolute Gasteiger partial charge is 0.360 e. The van der Waals surface area contributed by atoms with Gasteiger partial charge in [-0.05, 0) is 6.92 Å². The molecule has 0 rings (SSSR count). The Bertz CT molecular complexity index is 243. The van der Waals surface area contributed by atoms with Crippen molar-refractivity contribution in [3.05, 3.63) is 12.8 Å². The lowest BCUT2D eigenvalue weighted by atomic mass is 10.2. The van der Waals surface area contributed by atoms with Gasteiger partial charge in [0.25, 0.3) is 6.10 Å². The highest BCUT2D eigenvalue weighted by Gasteiger charge is 2.27. The molecule has 0 saturated heterocycles. The molecular formula is C8H10O5. The minimum atomic E-state index is -1.49. The first kappa shape index (κ1) is 11.4. The van der Waals surface area contributed by atoms with Gasteiger partial charge in [-0.1, -0.05) is 6.58 Å². The second-order valence-corrected chi connectivity index (χ2v) is 2.20. The van der Waals surface area contributed by atoms with Crippen molar-refractivity contribution in [2.45, 2.75) is 20.0 Å². The van der Waals surface area contributed by atoms with Crippen molar-refractivity contribution in [3.8, 4) is 0 Å². The minimum Gasteiger partial charge on any atom is -0.442 e. The average Bonchev–Trinajstić information content (AvgIpc) is 1.99. The third-order valence-electron chi connectivity index (χ3n) is 1.07. The van der Waals surface area contributed by atoms with Crippen LogP contribution >= 0.6 is 0 Å². The molecule has 0 bridgehead atoms. The molecule has 5 nitrogen and oxygen atoms in total. The Balaban J connectivity index is 4.41. The maximum atomic E-state index is 10.9. The van der Waals surface area contributed by atoms with E-state index in [1.165, 1.54) is 0 Å². The Morgan fingerprint density at radius 3 is 2.15 bits per heavy atom. The van der Waals surface area contributed by atoms with Crippen molar-refractivity contribution < 1.29 is 23.9 Å². The summed E-state index contributed by atoms with van der Waals surface area (Å²) in [6.07, 6.45) is -0.627. The number of carbonyl (C=O) groups is 3. The average molecular weight is 186 g/mol. The normalized spacial score (nSPS) is 11.2. The van der Waals surface area contributed by atoms with Crippen molar-refractivity contribution in [1.82, 2.24) is 0 Å². The zero-order chi connectivity index (χ0) is 10.4. The van der Waals surface area contributed by atoms with Crippen molar-refractivity contribution >= 4 is 17.7 Å². The second-order valence-electron chi connectivity index (χ2n) is 2.20. The van der Waals surface area contributed by atoms with Crippen LogP contribution in [-0.4, -0.2) is 23.8 Å². The van der Waals surface area contributed by atoms with E-state index in [9.17, 15) is 14.4 Å². The van der Waals surface area contributed by atoms with Crippen molar-refractivity contribution in [3.63, 3.8) is 0 Å². The third-order valence-corrected chi connectivity index (χ3v) is 1.07. The number of rotatable bonds is 4. The molecule has 0 aromatic rings. The largest absolute Gasteiger partial charge is 0.442 e. The van der Waals surface area contributed by atoms with Gasteiger partial charge in [0, 0.05) is 6.92 Å². The fourth-order valence-electron chi connectivity index (χ4n) is 0.607. The molecule has 72 valence electrons. The predicted octanol–water partition coefficient (Wildman–Crippen LogP) is 0.194. The van der Waals surface area contributed by atoms with Gasteiger partial charge in [0.1, 0.15) is 0 Å². The van der Waals surface area contributed by atoms with Crippen LogP contribution < -0.4 is 0 Å². The van der Waals surface area contributed by atoms with Gasteiger partial charge >= 0.3 is 11.9 Å². The summed E-state index contributed by atoms with van der Waals surface area (Å²) in [5.41, 5.74) is 0. The highest BCUT2D eigenvalue weighted by atomic mass is 16.6. The van der Waals surface area contributed by atoms with E-state index in [1.54, 1.807) is 0 Å². The zero-order valence-corrected chi connectivity index (χ0v) is 7.40. The quantitative estimate of drug-likeness (QED) is 0.356. The Kier molecular flexibility index (Phi) is 4.43. The molecule has 5 heteroatoms. The van der Waals surface area contributed by atoms with Crippen LogP contribution in [0.4, 0.5) is 0 Å². The van der Waals surface area contributed by atoms with Crippen LogP contribution in [0.2, 0.25) is 0 Å². The maximum Gasteiger partial charge on any atom is 0.360 e. The zero-order valence-electron chi connectivity index (χ0n) is 7.40. The van der Waals surface area contributed by atoms with Crippen LogP contribution in [0, 0.1) is 0 Å². The fourth-order valence-corrected chi connectivity index (χ4v) is 0.607. The topological polar surface area (TPSA) is 69.7 Å². The van der Waals surface area contributed by atoms with Crippen LogP contribution in [0.15, 0.2) is 12.8 Å². The van der Waals surface area contributed by atoms with Gasteiger partial charge in [-0.2, -0.15) is 0 Å². The third kappa shape index (κ3) is 4.05. The summed E-state index contributed by atoms with van der Waals surface area (Å²) in [6, 6.07) is 0. The molecule has 0 fully saturated rings. The van der Waals surface area contributed by atoms with E-state index in [4.69, 9.17) is 0 Å². The lowest BCUT2D eigenvalue weighted by molar-refractivity contribution is -0.166. The highest BCUT2D eigenvalue weighted by molar-refractivity contribution is 6.02. The molecule has 0 aliphatic heterocycles. The first-order valence-electron chi connectivity index (χ1n) is 3.48. The molecule has 1 atom stereocenters. The predicted molar refractivity (Wildman–Crippen MR) is 42.5 cm³/mol. The van der Waals surface area contributed by atoms with Crippen LogP contribution in [0.3, 0.4) is 0 Å². The van der Waals surface area contributed by atoms with Gasteiger partial charge in [-0.15, -0.1) is 0 Å². The molecule has 0 aliphatic rings. The summed E-state index contributed by atoms with van der Waals surface area (Å²) in [5, 5.41) is 0. The molecule has 0 aromatic heterocycles. The Morgan fingerprint density at radius 1 is 1.31 bits per heavy atom. The van der Waals surface area contributed by atoms with Crippen LogP contribution in [0.25, 0.3) is 0 Å². The van der Waals surface area contributed by atoms with Crippen molar-refractivity contribution in [2.24, 2.45) is 0 Å². The second kappa shape index (κ2) is 5.08. The Morgan fingerprint density at radius 2 is 1.85 bits per heavy atom. The van der Waals surface area contributed by atoms with E-state index >= 15 is 0 Å². The van der Waals surface area contributed by atoms with Gasteiger partial charge in [0.05, 0.1) is 6.26 Å². The minimum absolute atomic E-state index is 0.595. The molecule has 0 spiro atoms. The SMILES string of the molecule is C=COC(=O)C(OC(C)=O)C(C)=O. The van der Waals surface area contributed by atoms with Crippen molar-refractivity contribution in [1.29, 1.82) is 0 Å². The van der Waals surface area contributed by atoms with E-state index in [1.807, 2.05) is 0 Å². The van der Waals surface area contributed by atoms with E-state index in [-0.39, 0.29) is 0 Å². The molecule has 13 heavy (non-hydrogen) atoms. The molecule has 0 heterocycles. The standard InChI is InChI=1S/C8H10O5/c1-4-12-8(11)7(5(2)9)13-6(3)10/h4,7H,1H2,2-3H3. The van der Waals surface area contributed by atoms with Gasteiger partial charge in [-0.3, -0.25) is 9.59 Å². The monoisotopic (exact) mass is 186 g/mol. The summed E-state index contributed by atoms with van der Waals surface area (Å²) in [4.78, 5) is 32.2. The van der Waals surface area contributed by atoms with Crippen molar-refractivity contribution in [2.75, 3.05) is 0 Å². The van der Waals surface area contributed by atoms with Gasteiger partial charge in [0.15, 0.2) is 5.78 Å². The van der Waals surface area contributed by atoms with E-state index < -0.39 is 23.8 Å². The fraction of sp³-hybridized carbons (Fsp3) is 0.375. The number of hydrogen-bond acceptors (Lipinski definition) is 5. The lowest BCUT2D eigenvalue weighted by Gasteiger charge is -2.10. The summed E-state index contributed by atoms with van der Waals surface area (Å²) >= 11 is 0. The summed E-state index contributed by atoms with van der Waals surface area (Å²) < 4.78 is 8.71. The number of Topliss-reactive ketones (excluding diaryl/α,β-unsaturated/α-hetero) is 1. The molecule has 0 N–H and O–H groups in total. The number of carbonyl (C=O) groups excluding carboxylic acids is 3. The highest BCUT2D eigenvalue weighted by Crippen LogP contribution is 1.98. The summed E-state index contributed by atoms with van der Waals surface area (Å²) in [5.74, 6) is -2.26.